The number of methoxy groups -OCH3 is 1. The zero-order chi connectivity index (χ0) is 16.5. The Labute approximate surface area is 141 Å². The normalized spacial score (nSPS) is 25.2. The fourth-order valence-corrected chi connectivity index (χ4v) is 3.94. The van der Waals surface area contributed by atoms with E-state index in [1.165, 1.54) is 38.8 Å². The van der Waals surface area contributed by atoms with Crippen molar-refractivity contribution in [3.05, 3.63) is 0 Å². The van der Waals surface area contributed by atoms with Gasteiger partial charge in [0, 0.05) is 19.7 Å². The molecular formula is C18H35N3O2. The van der Waals surface area contributed by atoms with E-state index in [9.17, 15) is 4.79 Å². The number of nitrogens with zero attached hydrogens (tertiary/aromatic N) is 1. The summed E-state index contributed by atoms with van der Waals surface area (Å²) in [5.41, 5.74) is -0.318. The molecule has 1 unspecified atom stereocenters. The second kappa shape index (κ2) is 9.60. The van der Waals surface area contributed by atoms with Gasteiger partial charge in [-0.25, -0.2) is 0 Å². The number of likely N-dealkylation sites (tertiary alicyclic amines) is 1. The third kappa shape index (κ3) is 5.44. The van der Waals surface area contributed by atoms with Crippen molar-refractivity contribution in [3.8, 4) is 0 Å². The molecule has 0 aromatic rings. The van der Waals surface area contributed by atoms with Gasteiger partial charge >= 0.3 is 0 Å². The Kier molecular flexibility index (Phi) is 7.80. The zero-order valence-electron chi connectivity index (χ0n) is 15.0. The Balaban J connectivity index is 1.65. The predicted molar refractivity (Wildman–Crippen MR) is 93.5 cm³/mol. The average molecular weight is 325 g/mol. The summed E-state index contributed by atoms with van der Waals surface area (Å²) in [5, 5.41) is 6.49. The van der Waals surface area contributed by atoms with E-state index in [4.69, 9.17) is 4.74 Å². The molecule has 0 aromatic carbocycles. The molecule has 2 aliphatic rings. The van der Waals surface area contributed by atoms with Crippen molar-refractivity contribution in [2.24, 2.45) is 5.41 Å². The van der Waals surface area contributed by atoms with Crippen LogP contribution < -0.4 is 10.6 Å². The van der Waals surface area contributed by atoms with Crippen LogP contribution in [0.3, 0.4) is 0 Å². The summed E-state index contributed by atoms with van der Waals surface area (Å²) in [6.07, 6.45) is 8.04. The van der Waals surface area contributed by atoms with Crippen molar-refractivity contribution < 1.29 is 9.53 Å². The highest BCUT2D eigenvalue weighted by atomic mass is 16.5. The fraction of sp³-hybridized carbons (Fsp3) is 0.944. The van der Waals surface area contributed by atoms with Crippen LogP contribution in [0.5, 0.6) is 0 Å². The van der Waals surface area contributed by atoms with Crippen molar-refractivity contribution in [1.29, 1.82) is 0 Å². The van der Waals surface area contributed by atoms with Gasteiger partial charge in [-0.3, -0.25) is 4.79 Å². The molecule has 2 fully saturated rings. The number of hydrogen-bond donors (Lipinski definition) is 2. The molecule has 2 N–H and O–H groups in total. The van der Waals surface area contributed by atoms with Crippen LogP contribution in [0.2, 0.25) is 0 Å². The van der Waals surface area contributed by atoms with E-state index in [-0.39, 0.29) is 11.3 Å². The summed E-state index contributed by atoms with van der Waals surface area (Å²) in [7, 11) is 1.69. The predicted octanol–water partition coefficient (Wildman–Crippen LogP) is 1.77. The molecule has 0 radical (unpaired) electrons. The van der Waals surface area contributed by atoms with Crippen molar-refractivity contribution in [2.75, 3.05) is 46.4 Å². The van der Waals surface area contributed by atoms with Crippen LogP contribution in [0.4, 0.5) is 0 Å². The first kappa shape index (κ1) is 18.7. The van der Waals surface area contributed by atoms with Crippen molar-refractivity contribution in [2.45, 2.75) is 57.9 Å². The minimum Gasteiger partial charge on any atom is -0.384 e. The summed E-state index contributed by atoms with van der Waals surface area (Å²) >= 11 is 0. The topological polar surface area (TPSA) is 53.6 Å². The van der Waals surface area contributed by atoms with Crippen molar-refractivity contribution in [3.63, 3.8) is 0 Å². The van der Waals surface area contributed by atoms with Gasteiger partial charge in [0.05, 0.1) is 12.0 Å². The molecule has 2 aliphatic heterocycles. The molecule has 0 spiro atoms. The molecule has 0 bridgehead atoms. The third-order valence-electron chi connectivity index (χ3n) is 5.56. The van der Waals surface area contributed by atoms with E-state index in [1.807, 2.05) is 0 Å². The first-order chi connectivity index (χ1) is 11.2. The lowest BCUT2D eigenvalue weighted by atomic mass is 9.78. The second-order valence-electron chi connectivity index (χ2n) is 7.31. The van der Waals surface area contributed by atoms with Gasteiger partial charge < -0.3 is 20.3 Å². The van der Waals surface area contributed by atoms with Crippen molar-refractivity contribution in [1.82, 2.24) is 15.5 Å². The molecule has 2 heterocycles. The van der Waals surface area contributed by atoms with Crippen LogP contribution in [-0.2, 0) is 9.53 Å². The van der Waals surface area contributed by atoms with Crippen LogP contribution in [-0.4, -0.2) is 63.3 Å². The van der Waals surface area contributed by atoms with Crippen LogP contribution >= 0.6 is 0 Å². The molecule has 0 aromatic heterocycles. The molecule has 5 heteroatoms. The van der Waals surface area contributed by atoms with Gasteiger partial charge in [-0.15, -0.1) is 0 Å². The number of rotatable bonds is 8. The van der Waals surface area contributed by atoms with E-state index >= 15 is 0 Å². The number of carbonyl (C=O) groups excluding carboxylic acids is 1. The van der Waals surface area contributed by atoms with E-state index in [1.54, 1.807) is 7.11 Å². The van der Waals surface area contributed by atoms with Gasteiger partial charge in [0.1, 0.15) is 0 Å². The van der Waals surface area contributed by atoms with Gasteiger partial charge in [-0.2, -0.15) is 0 Å². The molecule has 5 nitrogen and oxygen atoms in total. The lowest BCUT2D eigenvalue weighted by Crippen LogP contribution is -2.50. The maximum atomic E-state index is 12.6. The van der Waals surface area contributed by atoms with Gasteiger partial charge in [-0.05, 0) is 71.6 Å². The smallest absolute Gasteiger partial charge is 0.228 e. The van der Waals surface area contributed by atoms with E-state index in [0.29, 0.717) is 6.61 Å². The number of carbonyl (C=O) groups is 1. The lowest BCUT2D eigenvalue weighted by Gasteiger charge is -2.35. The number of hydrogen-bond acceptors (Lipinski definition) is 4. The van der Waals surface area contributed by atoms with Crippen LogP contribution in [0.25, 0.3) is 0 Å². The second-order valence-corrected chi connectivity index (χ2v) is 7.31. The van der Waals surface area contributed by atoms with E-state index in [2.05, 4.69) is 22.5 Å². The highest BCUT2D eigenvalue weighted by Crippen LogP contribution is 2.29. The van der Waals surface area contributed by atoms with E-state index in [0.717, 1.165) is 44.9 Å². The maximum absolute atomic E-state index is 12.6. The molecule has 0 aliphatic carbocycles. The van der Waals surface area contributed by atoms with Crippen molar-refractivity contribution >= 4 is 5.91 Å². The Morgan fingerprint density at radius 1 is 1.30 bits per heavy atom. The summed E-state index contributed by atoms with van der Waals surface area (Å²) in [4.78, 5) is 15.2. The monoisotopic (exact) mass is 325 g/mol. The summed E-state index contributed by atoms with van der Waals surface area (Å²) in [6, 6.07) is 0.734. The number of unbranched alkanes of at least 4 members (excludes halogenated alkanes) is 1. The van der Waals surface area contributed by atoms with Gasteiger partial charge in [-0.1, -0.05) is 6.42 Å². The molecular weight excluding hydrogens is 290 g/mol. The van der Waals surface area contributed by atoms with Crippen LogP contribution in [0, 0.1) is 5.41 Å². The van der Waals surface area contributed by atoms with Crippen LogP contribution in [0.1, 0.15) is 51.9 Å². The number of amides is 1. The molecule has 134 valence electrons. The van der Waals surface area contributed by atoms with Gasteiger partial charge in [0.25, 0.3) is 0 Å². The van der Waals surface area contributed by atoms with Gasteiger partial charge in [0.15, 0.2) is 0 Å². The number of nitrogens with one attached hydrogen (secondary N) is 2. The Bertz CT molecular complexity index is 351. The maximum Gasteiger partial charge on any atom is 0.228 e. The first-order valence-electron chi connectivity index (χ1n) is 9.40. The SMILES string of the molecule is COCC1(C(=O)NCCCCN2CCCCC2C)CCNCC1. The molecule has 1 atom stereocenters. The molecule has 23 heavy (non-hydrogen) atoms. The quantitative estimate of drug-likeness (QED) is 0.668. The molecule has 2 saturated heterocycles. The Hall–Kier alpha value is -0.650. The molecule has 2 rings (SSSR count). The Morgan fingerprint density at radius 3 is 2.78 bits per heavy atom. The average Bonchev–Trinajstić information content (AvgIpc) is 2.57. The summed E-state index contributed by atoms with van der Waals surface area (Å²) in [5.74, 6) is 0.187. The fourth-order valence-electron chi connectivity index (χ4n) is 3.94. The molecule has 1 amide bonds. The lowest BCUT2D eigenvalue weighted by molar-refractivity contribution is -0.136. The third-order valence-corrected chi connectivity index (χ3v) is 5.56. The highest BCUT2D eigenvalue weighted by Gasteiger charge is 2.39. The minimum absolute atomic E-state index is 0.187. The van der Waals surface area contributed by atoms with Crippen LogP contribution in [0.15, 0.2) is 0 Å². The summed E-state index contributed by atoms with van der Waals surface area (Å²) < 4.78 is 5.33. The number of piperidine rings is 2. The summed E-state index contributed by atoms with van der Waals surface area (Å²) in [6.45, 7) is 7.90. The number of ether oxygens (including phenoxy) is 1. The first-order valence-corrected chi connectivity index (χ1v) is 9.40. The standard InChI is InChI=1S/C18H35N3O2/c1-16-7-3-5-13-21(16)14-6-4-10-20-17(22)18(15-23-2)8-11-19-12-9-18/h16,19H,3-15H2,1-2H3,(H,20,22). The Morgan fingerprint density at radius 2 is 2.09 bits per heavy atom. The largest absolute Gasteiger partial charge is 0.384 e. The van der Waals surface area contributed by atoms with Gasteiger partial charge in [0.2, 0.25) is 5.91 Å². The molecule has 0 saturated carbocycles. The zero-order valence-corrected chi connectivity index (χ0v) is 15.0. The van der Waals surface area contributed by atoms with E-state index < -0.39 is 0 Å². The minimum atomic E-state index is -0.318. The highest BCUT2D eigenvalue weighted by molar-refractivity contribution is 5.82.